The number of benzene rings is 1. The molecular formula is C29H55Cl2N11O5S. The second-order valence-electron chi connectivity index (χ2n) is 11.1. The van der Waals surface area contributed by atoms with Gasteiger partial charge in [0.2, 0.25) is 0 Å². The van der Waals surface area contributed by atoms with Crippen molar-refractivity contribution in [1.82, 2.24) is 20.4 Å². The molecule has 2 fully saturated rings. The third-order valence-corrected chi connectivity index (χ3v) is 7.74. The number of nitrogens with one attached hydrogen (secondary N) is 4. The molecule has 0 aromatic heterocycles. The number of hydrogen-bond acceptors (Lipinski definition) is 9. The van der Waals surface area contributed by atoms with Crippen LogP contribution in [0.2, 0.25) is 10.0 Å². The lowest BCUT2D eigenvalue weighted by molar-refractivity contribution is -0.117. The second kappa shape index (κ2) is 27.0. The van der Waals surface area contributed by atoms with Gasteiger partial charge in [-0.1, -0.05) is 67.8 Å². The van der Waals surface area contributed by atoms with Gasteiger partial charge < -0.3 is 52.5 Å². The second-order valence-corrected chi connectivity index (χ2v) is 12.7. The Labute approximate surface area is 297 Å². The molecule has 16 nitrogen and oxygen atoms in total. The molecular weight excluding hydrogens is 685 g/mol. The molecule has 0 radical (unpaired) electrons. The van der Waals surface area contributed by atoms with E-state index in [0.717, 1.165) is 26.2 Å². The normalized spacial score (nSPS) is 15.8. The van der Waals surface area contributed by atoms with Gasteiger partial charge in [-0.15, -0.1) is 0 Å². The van der Waals surface area contributed by atoms with Crippen LogP contribution in [0.4, 0.5) is 0 Å². The average molecular weight is 741 g/mol. The third-order valence-electron chi connectivity index (χ3n) is 7.03. The Morgan fingerprint density at radius 3 is 1.42 bits per heavy atom. The van der Waals surface area contributed by atoms with Crippen LogP contribution in [0.15, 0.2) is 23.2 Å². The highest BCUT2D eigenvalue weighted by atomic mass is 35.5. The van der Waals surface area contributed by atoms with Crippen molar-refractivity contribution in [3.05, 3.63) is 33.8 Å². The Bertz CT molecular complexity index is 1150. The van der Waals surface area contributed by atoms with Crippen molar-refractivity contribution in [2.75, 3.05) is 52.4 Å². The number of nitrogens with two attached hydrogens (primary N) is 4. The zero-order valence-electron chi connectivity index (χ0n) is 29.5. The summed E-state index contributed by atoms with van der Waals surface area (Å²) in [6, 6.07) is 4.98. The number of rotatable bonds is 8. The highest BCUT2D eigenvalue weighted by Crippen LogP contribution is 2.24. The minimum absolute atomic E-state index is 0. The maximum atomic E-state index is 11.3. The number of carbonyl (C=O) groups excluding carboxylic acids is 1. The fourth-order valence-electron chi connectivity index (χ4n) is 4.81. The Balaban J connectivity index is -0.000000609. The first kappa shape index (κ1) is 45.1. The minimum atomic E-state index is -5.17. The molecule has 12 N–H and O–H groups in total. The molecule has 0 aliphatic carbocycles. The lowest BCUT2D eigenvalue weighted by Gasteiger charge is -2.24. The Morgan fingerprint density at radius 2 is 1.10 bits per heavy atom. The van der Waals surface area contributed by atoms with Crippen LogP contribution in [-0.2, 0) is 21.6 Å². The van der Waals surface area contributed by atoms with Gasteiger partial charge in [0.15, 0.2) is 17.9 Å². The van der Waals surface area contributed by atoms with E-state index < -0.39 is 16.3 Å². The van der Waals surface area contributed by atoms with E-state index in [1.165, 1.54) is 90.4 Å². The van der Waals surface area contributed by atoms with Crippen LogP contribution >= 0.6 is 23.2 Å². The van der Waals surface area contributed by atoms with E-state index in [1.807, 2.05) is 0 Å². The lowest BCUT2D eigenvalue weighted by Crippen LogP contribution is -2.38. The standard InChI is InChI=1S/2C10H22N4.C9H9Cl2N3O.H2O4S/c2*11-10(12)13-6-9-14-7-4-2-1-3-5-8-14;10-6-2-1-3-7(11)5(6)4-8(15)14-9(12)13;1-5(2,3)4/h2*1-9H2,(H4,11,12,13);1-3H,4H2,(H4,12,13,14,15);(H2,1,2,3,4). The number of carbonyl (C=O) groups is 1. The molecule has 0 spiro atoms. The van der Waals surface area contributed by atoms with E-state index in [4.69, 9.17) is 74.5 Å². The first-order valence-electron chi connectivity index (χ1n) is 15.9. The molecule has 0 bridgehead atoms. The molecule has 2 heterocycles. The number of likely N-dealkylation sites (tertiary alicyclic amines) is 2. The van der Waals surface area contributed by atoms with Crippen molar-refractivity contribution < 1.29 is 25.2 Å². The zero-order valence-corrected chi connectivity index (χ0v) is 29.9. The predicted octanol–water partition coefficient (Wildman–Crippen LogP) is 1.69. The van der Waals surface area contributed by atoms with E-state index in [2.05, 4.69) is 25.4 Å². The molecule has 48 heavy (non-hydrogen) atoms. The van der Waals surface area contributed by atoms with Gasteiger partial charge in [-0.25, -0.2) is 0 Å². The van der Waals surface area contributed by atoms with Gasteiger partial charge in [-0.2, -0.15) is 4.99 Å². The highest BCUT2D eigenvalue weighted by Gasteiger charge is 2.10. The smallest absolute Gasteiger partial charge is 0.759 e. The fraction of sp³-hybridized carbons (Fsp3) is 0.655. The summed E-state index contributed by atoms with van der Waals surface area (Å²) >= 11 is 11.7. The summed E-state index contributed by atoms with van der Waals surface area (Å²) in [4.78, 5) is 19.6. The van der Waals surface area contributed by atoms with E-state index >= 15 is 0 Å². The molecule has 276 valence electrons. The van der Waals surface area contributed by atoms with E-state index in [9.17, 15) is 4.79 Å². The van der Waals surface area contributed by atoms with Crippen LogP contribution in [0.3, 0.4) is 0 Å². The molecule has 0 atom stereocenters. The Morgan fingerprint density at radius 1 is 0.771 bits per heavy atom. The third kappa shape index (κ3) is 29.2. The first-order valence-corrected chi connectivity index (χ1v) is 18.0. The molecule has 19 heteroatoms. The number of halogens is 2. The molecule has 2 saturated heterocycles. The monoisotopic (exact) mass is 739 g/mol. The van der Waals surface area contributed by atoms with Crippen LogP contribution < -0.4 is 33.6 Å². The molecule has 3 rings (SSSR count). The summed E-state index contributed by atoms with van der Waals surface area (Å²) in [5.41, 5.74) is 21.1. The van der Waals surface area contributed by atoms with Crippen LogP contribution in [-0.4, -0.2) is 103 Å². The largest absolute Gasteiger partial charge is 1.00 e. The average Bonchev–Trinajstić information content (AvgIpc) is 2.92. The highest BCUT2D eigenvalue weighted by molar-refractivity contribution is 7.79. The molecule has 2 aliphatic heterocycles. The van der Waals surface area contributed by atoms with Gasteiger partial charge in [-0.05, 0) is 69.6 Å². The Hall–Kier alpha value is -2.93. The molecule has 0 unspecified atom stereocenters. The van der Waals surface area contributed by atoms with Gasteiger partial charge in [0, 0.05) is 46.6 Å². The van der Waals surface area contributed by atoms with Crippen LogP contribution in [0, 0.1) is 10.8 Å². The summed E-state index contributed by atoms with van der Waals surface area (Å²) in [6.45, 7) is 8.46. The van der Waals surface area contributed by atoms with E-state index in [-0.39, 0.29) is 27.2 Å². The van der Waals surface area contributed by atoms with E-state index in [1.54, 1.807) is 18.2 Å². The van der Waals surface area contributed by atoms with Crippen molar-refractivity contribution in [1.29, 1.82) is 10.8 Å². The Kier molecular flexibility index (Phi) is 25.3. The van der Waals surface area contributed by atoms with Gasteiger partial charge in [0.25, 0.3) is 5.91 Å². The summed E-state index contributed by atoms with van der Waals surface area (Å²) in [5, 5.41) is 20.6. The maximum Gasteiger partial charge on any atom is 1.00 e. The summed E-state index contributed by atoms with van der Waals surface area (Å²) < 4.78 is 34.1. The van der Waals surface area contributed by atoms with Crippen molar-refractivity contribution in [3.8, 4) is 0 Å². The number of aliphatic imine (C=N–C) groups is 1. The number of nitrogens with zero attached hydrogens (tertiary/aromatic N) is 3. The number of amides is 1. The topological polar surface area (TPSA) is 292 Å². The van der Waals surface area contributed by atoms with Crippen LogP contribution in [0.5, 0.6) is 0 Å². The number of guanidine groups is 3. The zero-order chi connectivity index (χ0) is 36.4. The number of hydrogen-bond donors (Lipinski definition) is 8. The SMILES string of the molecule is N=C(N)NCCN1CCCCCCC1.N=C(N)NCCN1CCCCCCC1.NC(N)=NC(=O)Cc1c(Cl)cccc1Cl.O=S(=O)([O-])[O-].[H+].[H+]. The van der Waals surface area contributed by atoms with Crippen LogP contribution in [0.1, 0.15) is 72.6 Å². The molecule has 1 amide bonds. The summed E-state index contributed by atoms with van der Waals surface area (Å²) in [6.07, 6.45) is 13.6. The molecule has 0 saturated carbocycles. The van der Waals surface area contributed by atoms with Crippen molar-refractivity contribution in [2.24, 2.45) is 27.9 Å². The van der Waals surface area contributed by atoms with Crippen LogP contribution in [0.25, 0.3) is 0 Å². The van der Waals surface area contributed by atoms with Crippen molar-refractivity contribution >= 4 is 57.4 Å². The minimum Gasteiger partial charge on any atom is -0.759 e. The van der Waals surface area contributed by atoms with Crippen molar-refractivity contribution in [3.63, 3.8) is 0 Å². The summed E-state index contributed by atoms with van der Waals surface area (Å²) in [7, 11) is -5.17. The molecule has 2 aliphatic rings. The fourth-order valence-corrected chi connectivity index (χ4v) is 5.34. The maximum absolute atomic E-state index is 11.3. The lowest BCUT2D eigenvalue weighted by atomic mass is 10.1. The van der Waals surface area contributed by atoms with Gasteiger partial charge in [0.1, 0.15) is 0 Å². The van der Waals surface area contributed by atoms with Crippen molar-refractivity contribution in [2.45, 2.75) is 70.6 Å². The van der Waals surface area contributed by atoms with E-state index in [0.29, 0.717) is 15.6 Å². The van der Waals surface area contributed by atoms with Gasteiger partial charge in [-0.3, -0.25) is 24.0 Å². The first-order chi connectivity index (χ1) is 22.6. The summed E-state index contributed by atoms with van der Waals surface area (Å²) in [5.74, 6) is -0.595. The van der Waals surface area contributed by atoms with Gasteiger partial charge in [0.05, 0.1) is 6.42 Å². The predicted molar refractivity (Wildman–Crippen MR) is 193 cm³/mol. The quantitative estimate of drug-likeness (QED) is 0.0816. The molecule has 1 aromatic rings. The molecule has 1 aromatic carbocycles. The van der Waals surface area contributed by atoms with Gasteiger partial charge >= 0.3 is 2.85 Å².